The van der Waals surface area contributed by atoms with Gasteiger partial charge in [-0.2, -0.15) is 0 Å². The molecular formula is C23H30N6O4. The molecule has 0 aliphatic heterocycles. The Morgan fingerprint density at radius 2 is 1.64 bits per heavy atom. The summed E-state index contributed by atoms with van der Waals surface area (Å²) in [5.41, 5.74) is 0.531. The minimum Gasteiger partial charge on any atom is -0.355 e. The molecule has 0 saturated heterocycles. The highest BCUT2D eigenvalue weighted by Gasteiger charge is 2.19. The Bertz CT molecular complexity index is 1250. The summed E-state index contributed by atoms with van der Waals surface area (Å²) in [6, 6.07) is 6.34. The molecule has 10 nitrogen and oxygen atoms in total. The summed E-state index contributed by atoms with van der Waals surface area (Å²) in [5, 5.41) is 5.21. The van der Waals surface area contributed by atoms with Gasteiger partial charge in [0.2, 0.25) is 5.91 Å². The lowest BCUT2D eigenvalue weighted by Gasteiger charge is -2.13. The molecular weight excluding hydrogens is 424 g/mol. The number of nitrogens with one attached hydrogen (secondary N) is 2. The van der Waals surface area contributed by atoms with E-state index in [1.807, 2.05) is 6.92 Å². The molecule has 1 aromatic carbocycles. The number of nitrogens with zero attached hydrogens (tertiary/aromatic N) is 4. The Morgan fingerprint density at radius 3 is 2.27 bits per heavy atom. The molecule has 2 aromatic heterocycles. The number of aryl methyl sites for hydroxylation is 2. The number of carbonyl (C=O) groups excluding carboxylic acids is 2. The maximum Gasteiger partial charge on any atom is 0.333 e. The van der Waals surface area contributed by atoms with Crippen molar-refractivity contribution >= 4 is 28.7 Å². The number of hydrogen-bond donors (Lipinski definition) is 2. The van der Waals surface area contributed by atoms with E-state index < -0.39 is 23.7 Å². The minimum absolute atomic E-state index is 0.236. The zero-order valence-corrected chi connectivity index (χ0v) is 19.3. The zero-order valence-electron chi connectivity index (χ0n) is 19.3. The molecule has 2 N–H and O–H groups in total. The predicted molar refractivity (Wildman–Crippen MR) is 127 cm³/mol. The molecule has 0 radical (unpaired) electrons. The summed E-state index contributed by atoms with van der Waals surface area (Å²) >= 11 is 0. The fraction of sp³-hybridized carbons (Fsp3) is 0.435. The van der Waals surface area contributed by atoms with Gasteiger partial charge in [-0.25, -0.2) is 14.3 Å². The van der Waals surface area contributed by atoms with Crippen molar-refractivity contribution in [2.24, 2.45) is 0 Å². The third kappa shape index (κ3) is 5.21. The van der Waals surface area contributed by atoms with Crippen LogP contribution >= 0.6 is 0 Å². The van der Waals surface area contributed by atoms with E-state index in [0.717, 1.165) is 30.3 Å². The normalized spacial score (nSPS) is 11.0. The number of imidazole rings is 1. The van der Waals surface area contributed by atoms with E-state index in [-0.39, 0.29) is 5.91 Å². The number of fused-ring (bicyclic) bond motifs is 1. The van der Waals surface area contributed by atoms with Gasteiger partial charge in [0.15, 0.2) is 11.2 Å². The molecule has 0 atom stereocenters. The van der Waals surface area contributed by atoms with Crippen LogP contribution in [0.3, 0.4) is 0 Å². The van der Waals surface area contributed by atoms with Crippen molar-refractivity contribution in [3.8, 4) is 0 Å². The Kier molecular flexibility index (Phi) is 7.81. The maximum absolute atomic E-state index is 13.2. The molecule has 0 unspecified atom stereocenters. The summed E-state index contributed by atoms with van der Waals surface area (Å²) in [6.07, 6.45) is 5.02. The number of aromatic nitrogens is 4. The van der Waals surface area contributed by atoms with Gasteiger partial charge in [0.25, 0.3) is 11.5 Å². The lowest BCUT2D eigenvalue weighted by molar-refractivity contribution is -0.116. The first-order valence-corrected chi connectivity index (χ1v) is 11.2. The highest BCUT2D eigenvalue weighted by atomic mass is 16.2. The van der Waals surface area contributed by atoms with Crippen LogP contribution in [0.4, 0.5) is 5.69 Å². The van der Waals surface area contributed by atoms with Crippen LogP contribution in [0.15, 0.2) is 40.2 Å². The van der Waals surface area contributed by atoms with E-state index in [4.69, 9.17) is 0 Å². The van der Waals surface area contributed by atoms with Gasteiger partial charge in [-0.1, -0.05) is 26.7 Å². The van der Waals surface area contributed by atoms with Crippen LogP contribution in [0.5, 0.6) is 0 Å². The molecule has 0 aliphatic carbocycles. The van der Waals surface area contributed by atoms with Gasteiger partial charge in [-0.05, 0) is 37.1 Å². The number of amides is 2. The van der Waals surface area contributed by atoms with Crippen molar-refractivity contribution in [1.82, 2.24) is 24.0 Å². The third-order valence-corrected chi connectivity index (χ3v) is 5.43. The lowest BCUT2D eigenvalue weighted by atomic mass is 10.2. The highest BCUT2D eigenvalue weighted by Crippen LogP contribution is 2.11. The fourth-order valence-corrected chi connectivity index (χ4v) is 3.59. The standard InChI is InChI=1S/C23H30N6O4/c1-4-6-12-27-15-25-20-19(27)22(32)29(23(33)28(20)13-7-5-2)14-18(30)26-17-10-8-16(9-11-17)21(31)24-3/h8-11,15H,4-7,12-14H2,1-3H3,(H,24,31)(H,26,30). The van der Waals surface area contributed by atoms with Crippen LogP contribution in [0.1, 0.15) is 49.9 Å². The predicted octanol–water partition coefficient (Wildman–Crippen LogP) is 1.96. The summed E-state index contributed by atoms with van der Waals surface area (Å²) in [4.78, 5) is 55.1. The largest absolute Gasteiger partial charge is 0.355 e. The first-order valence-electron chi connectivity index (χ1n) is 11.2. The number of anilines is 1. The third-order valence-electron chi connectivity index (χ3n) is 5.43. The Hall–Kier alpha value is -3.69. The molecule has 0 aliphatic rings. The molecule has 0 spiro atoms. The zero-order chi connectivity index (χ0) is 24.0. The van der Waals surface area contributed by atoms with Gasteiger partial charge in [0.05, 0.1) is 6.33 Å². The first kappa shape index (κ1) is 24.0. The van der Waals surface area contributed by atoms with E-state index in [0.29, 0.717) is 35.5 Å². The molecule has 10 heteroatoms. The Balaban J connectivity index is 1.94. The molecule has 33 heavy (non-hydrogen) atoms. The number of rotatable bonds is 10. The van der Waals surface area contributed by atoms with Gasteiger partial charge >= 0.3 is 5.69 Å². The molecule has 3 rings (SSSR count). The van der Waals surface area contributed by atoms with Crippen molar-refractivity contribution < 1.29 is 9.59 Å². The number of benzene rings is 1. The quantitative estimate of drug-likeness (QED) is 0.485. The van der Waals surface area contributed by atoms with Gasteiger partial charge < -0.3 is 15.2 Å². The van der Waals surface area contributed by atoms with Crippen LogP contribution in [0, 0.1) is 0 Å². The average molecular weight is 455 g/mol. The van der Waals surface area contributed by atoms with Crippen LogP contribution in [0.2, 0.25) is 0 Å². The van der Waals surface area contributed by atoms with Gasteiger partial charge in [-0.15, -0.1) is 0 Å². The molecule has 3 aromatic rings. The average Bonchev–Trinajstić information content (AvgIpc) is 3.24. The first-order chi connectivity index (χ1) is 15.9. The highest BCUT2D eigenvalue weighted by molar-refractivity contribution is 5.95. The van der Waals surface area contributed by atoms with Crippen LogP contribution < -0.4 is 21.9 Å². The number of hydrogen-bond acceptors (Lipinski definition) is 5. The van der Waals surface area contributed by atoms with E-state index >= 15 is 0 Å². The molecule has 176 valence electrons. The summed E-state index contributed by atoms with van der Waals surface area (Å²) in [5.74, 6) is -0.747. The van der Waals surface area contributed by atoms with Gasteiger partial charge in [0, 0.05) is 31.4 Å². The van der Waals surface area contributed by atoms with Crippen molar-refractivity contribution in [1.29, 1.82) is 0 Å². The minimum atomic E-state index is -0.549. The summed E-state index contributed by atoms with van der Waals surface area (Å²) in [6.45, 7) is 4.68. The van der Waals surface area contributed by atoms with Gasteiger partial charge in [-0.3, -0.25) is 19.0 Å². The molecule has 0 bridgehead atoms. The number of unbranched alkanes of at least 4 members (excludes halogenated alkanes) is 2. The van der Waals surface area contributed by atoms with E-state index in [9.17, 15) is 19.2 Å². The Morgan fingerprint density at radius 1 is 0.970 bits per heavy atom. The Labute approximate surface area is 191 Å². The van der Waals surface area contributed by atoms with Crippen molar-refractivity contribution in [3.05, 3.63) is 57.0 Å². The second-order valence-electron chi connectivity index (χ2n) is 7.85. The monoisotopic (exact) mass is 454 g/mol. The SMILES string of the molecule is CCCCn1cnc2c1c(=O)n(CC(=O)Nc1ccc(C(=O)NC)cc1)c(=O)n2CCCC. The maximum atomic E-state index is 13.2. The van der Waals surface area contributed by atoms with Gasteiger partial charge in [0.1, 0.15) is 6.54 Å². The van der Waals surface area contributed by atoms with E-state index in [1.165, 1.54) is 11.6 Å². The van der Waals surface area contributed by atoms with Crippen molar-refractivity contribution in [2.75, 3.05) is 12.4 Å². The van der Waals surface area contributed by atoms with Crippen LogP contribution in [-0.4, -0.2) is 37.5 Å². The topological polar surface area (TPSA) is 120 Å². The van der Waals surface area contributed by atoms with Crippen molar-refractivity contribution in [3.63, 3.8) is 0 Å². The second-order valence-corrected chi connectivity index (χ2v) is 7.85. The fourth-order valence-electron chi connectivity index (χ4n) is 3.59. The molecule has 0 fully saturated rings. The van der Waals surface area contributed by atoms with E-state index in [2.05, 4.69) is 22.5 Å². The summed E-state index contributed by atoms with van der Waals surface area (Å²) < 4.78 is 4.21. The smallest absolute Gasteiger partial charge is 0.333 e. The lowest BCUT2D eigenvalue weighted by Crippen LogP contribution is -2.43. The van der Waals surface area contributed by atoms with Crippen LogP contribution in [-0.2, 0) is 24.4 Å². The molecule has 2 heterocycles. The molecule has 0 saturated carbocycles. The number of carbonyl (C=O) groups is 2. The summed E-state index contributed by atoms with van der Waals surface area (Å²) in [7, 11) is 1.54. The van der Waals surface area contributed by atoms with E-state index in [1.54, 1.807) is 35.2 Å². The van der Waals surface area contributed by atoms with Crippen LogP contribution in [0.25, 0.3) is 11.2 Å². The second kappa shape index (κ2) is 10.8. The molecule has 2 amide bonds. The van der Waals surface area contributed by atoms with Crippen molar-refractivity contribution in [2.45, 2.75) is 59.2 Å².